The van der Waals surface area contributed by atoms with E-state index in [-0.39, 0.29) is 0 Å². The van der Waals surface area contributed by atoms with Crippen molar-refractivity contribution >= 4 is 17.0 Å². The maximum Gasteiger partial charge on any atom is 0.201 e. The number of aromatic nitrogens is 2. The van der Waals surface area contributed by atoms with Crippen LogP contribution in [-0.4, -0.2) is 22.8 Å². The average molecular weight is 245 g/mol. The van der Waals surface area contributed by atoms with Crippen molar-refractivity contribution in [3.8, 4) is 0 Å². The fourth-order valence-corrected chi connectivity index (χ4v) is 3.02. The van der Waals surface area contributed by atoms with Gasteiger partial charge in [-0.1, -0.05) is 12.1 Å². The molecule has 2 N–H and O–H groups in total. The van der Waals surface area contributed by atoms with Crippen LogP contribution in [0.15, 0.2) is 18.2 Å². The van der Waals surface area contributed by atoms with E-state index in [1.165, 1.54) is 5.56 Å². The molecule has 0 spiro atoms. The van der Waals surface area contributed by atoms with Crippen LogP contribution in [0.3, 0.4) is 0 Å². The lowest BCUT2D eigenvalue weighted by Gasteiger charge is -2.15. The molecule has 4 nitrogen and oxygen atoms in total. The summed E-state index contributed by atoms with van der Waals surface area (Å²) in [7, 11) is 1.78. The van der Waals surface area contributed by atoms with E-state index in [0.717, 1.165) is 30.3 Å². The molecule has 1 aliphatic carbocycles. The minimum Gasteiger partial charge on any atom is -0.381 e. The molecule has 0 aliphatic heterocycles. The molecule has 3 rings (SSSR count). The van der Waals surface area contributed by atoms with Crippen LogP contribution in [-0.2, 0) is 4.74 Å². The van der Waals surface area contributed by atoms with Crippen molar-refractivity contribution < 1.29 is 4.74 Å². The van der Waals surface area contributed by atoms with Crippen LogP contribution in [0.4, 0.5) is 5.95 Å². The highest BCUT2D eigenvalue weighted by Gasteiger charge is 2.28. The Morgan fingerprint density at radius 2 is 2.22 bits per heavy atom. The number of hydrogen-bond donors (Lipinski definition) is 1. The minimum atomic E-state index is 0.358. The molecule has 1 aliphatic rings. The molecule has 2 unspecified atom stereocenters. The number of rotatable bonds is 2. The predicted octanol–water partition coefficient (Wildman–Crippen LogP) is 2.67. The number of imidazole rings is 1. The first-order valence-corrected chi connectivity index (χ1v) is 6.46. The Kier molecular flexibility index (Phi) is 2.74. The molecule has 0 radical (unpaired) electrons. The molecule has 0 saturated heterocycles. The minimum absolute atomic E-state index is 0.358. The van der Waals surface area contributed by atoms with Crippen molar-refractivity contribution in [3.05, 3.63) is 23.8 Å². The summed E-state index contributed by atoms with van der Waals surface area (Å²) in [5, 5.41) is 0. The van der Waals surface area contributed by atoms with Crippen molar-refractivity contribution in [1.82, 2.24) is 9.55 Å². The molecule has 0 amide bonds. The normalized spacial score (nSPS) is 23.9. The molecule has 1 aromatic heterocycles. The third kappa shape index (κ3) is 1.68. The van der Waals surface area contributed by atoms with Crippen LogP contribution in [0.1, 0.15) is 30.9 Å². The zero-order chi connectivity index (χ0) is 12.7. The van der Waals surface area contributed by atoms with Gasteiger partial charge in [-0.15, -0.1) is 0 Å². The summed E-state index contributed by atoms with van der Waals surface area (Å²) in [6, 6.07) is 6.66. The smallest absolute Gasteiger partial charge is 0.201 e. The molecular formula is C14H19N3O. The van der Waals surface area contributed by atoms with E-state index in [9.17, 15) is 0 Å². The predicted molar refractivity (Wildman–Crippen MR) is 72.6 cm³/mol. The van der Waals surface area contributed by atoms with E-state index in [4.69, 9.17) is 10.5 Å². The lowest BCUT2D eigenvalue weighted by Crippen LogP contribution is -2.11. The molecular weight excluding hydrogens is 226 g/mol. The molecule has 1 aromatic carbocycles. The van der Waals surface area contributed by atoms with Gasteiger partial charge in [0.25, 0.3) is 0 Å². The van der Waals surface area contributed by atoms with Gasteiger partial charge in [0.1, 0.15) is 0 Å². The van der Waals surface area contributed by atoms with Gasteiger partial charge in [0.15, 0.2) is 0 Å². The second kappa shape index (κ2) is 4.28. The standard InChI is InChI=1S/C14H19N3O/c1-9-4-3-5-12-13(9)16-14(15)17(12)10-6-7-11(8-10)18-2/h3-5,10-11H,6-8H2,1-2H3,(H2,15,16). The Hall–Kier alpha value is -1.55. The average Bonchev–Trinajstić information content (AvgIpc) is 2.93. The SMILES string of the molecule is COC1CCC(n2c(N)nc3c(C)cccc32)C1. The molecule has 1 saturated carbocycles. The Morgan fingerprint density at radius 3 is 2.94 bits per heavy atom. The molecule has 2 atom stereocenters. The lowest BCUT2D eigenvalue weighted by atomic mass is 10.2. The second-order valence-corrected chi connectivity index (χ2v) is 5.11. The molecule has 96 valence electrons. The quantitative estimate of drug-likeness (QED) is 0.885. The van der Waals surface area contributed by atoms with Gasteiger partial charge in [0.05, 0.1) is 17.1 Å². The van der Waals surface area contributed by atoms with Gasteiger partial charge in [-0.25, -0.2) is 4.98 Å². The number of aryl methyl sites for hydroxylation is 1. The Labute approximate surface area is 107 Å². The van der Waals surface area contributed by atoms with Gasteiger partial charge in [0, 0.05) is 13.2 Å². The number of nitrogens with zero attached hydrogens (tertiary/aromatic N) is 2. The van der Waals surface area contributed by atoms with E-state index in [0.29, 0.717) is 18.1 Å². The van der Waals surface area contributed by atoms with Crippen LogP contribution in [0.5, 0.6) is 0 Å². The Bertz CT molecular complexity index is 576. The van der Waals surface area contributed by atoms with Crippen molar-refractivity contribution in [2.24, 2.45) is 0 Å². The van der Waals surface area contributed by atoms with E-state index in [1.54, 1.807) is 7.11 Å². The van der Waals surface area contributed by atoms with E-state index >= 15 is 0 Å². The fraction of sp³-hybridized carbons (Fsp3) is 0.500. The zero-order valence-corrected chi connectivity index (χ0v) is 10.9. The molecule has 2 aromatic rings. The largest absolute Gasteiger partial charge is 0.381 e. The molecule has 1 heterocycles. The summed E-state index contributed by atoms with van der Waals surface area (Å²) in [6.45, 7) is 2.08. The maximum atomic E-state index is 6.10. The topological polar surface area (TPSA) is 53.1 Å². The van der Waals surface area contributed by atoms with Crippen LogP contribution in [0.2, 0.25) is 0 Å². The summed E-state index contributed by atoms with van der Waals surface area (Å²) in [5.41, 5.74) is 9.45. The first kappa shape index (κ1) is 11.5. The number of benzene rings is 1. The second-order valence-electron chi connectivity index (χ2n) is 5.11. The zero-order valence-electron chi connectivity index (χ0n) is 10.9. The number of nitrogen functional groups attached to an aromatic ring is 1. The van der Waals surface area contributed by atoms with E-state index < -0.39 is 0 Å². The molecule has 18 heavy (non-hydrogen) atoms. The number of nitrogens with two attached hydrogens (primary N) is 1. The Balaban J connectivity index is 2.07. The first-order chi connectivity index (χ1) is 8.70. The molecule has 4 heteroatoms. The van der Waals surface area contributed by atoms with E-state index in [1.807, 2.05) is 0 Å². The molecule has 0 bridgehead atoms. The Morgan fingerprint density at radius 1 is 1.39 bits per heavy atom. The summed E-state index contributed by atoms with van der Waals surface area (Å²) < 4.78 is 7.62. The number of hydrogen-bond acceptors (Lipinski definition) is 3. The summed E-state index contributed by atoms with van der Waals surface area (Å²) in [5.74, 6) is 0.626. The van der Waals surface area contributed by atoms with Crippen LogP contribution >= 0.6 is 0 Å². The lowest BCUT2D eigenvalue weighted by molar-refractivity contribution is 0.106. The van der Waals surface area contributed by atoms with Crippen molar-refractivity contribution in [2.45, 2.75) is 38.3 Å². The van der Waals surface area contributed by atoms with Gasteiger partial charge >= 0.3 is 0 Å². The summed E-state index contributed by atoms with van der Waals surface area (Å²) >= 11 is 0. The number of methoxy groups -OCH3 is 1. The number of fused-ring (bicyclic) bond motifs is 1. The third-order valence-corrected chi connectivity index (χ3v) is 4.00. The van der Waals surface area contributed by atoms with Gasteiger partial charge in [-0.05, 0) is 37.8 Å². The fourth-order valence-electron chi connectivity index (χ4n) is 3.02. The highest BCUT2D eigenvalue weighted by atomic mass is 16.5. The maximum absolute atomic E-state index is 6.10. The van der Waals surface area contributed by atoms with Gasteiger partial charge in [0.2, 0.25) is 5.95 Å². The van der Waals surface area contributed by atoms with Gasteiger partial charge in [-0.3, -0.25) is 0 Å². The highest BCUT2D eigenvalue weighted by Crippen LogP contribution is 2.36. The summed E-state index contributed by atoms with van der Waals surface area (Å²) in [6.07, 6.45) is 3.60. The number of ether oxygens (including phenoxy) is 1. The van der Waals surface area contributed by atoms with Crippen molar-refractivity contribution in [3.63, 3.8) is 0 Å². The van der Waals surface area contributed by atoms with Crippen molar-refractivity contribution in [2.75, 3.05) is 12.8 Å². The number of anilines is 1. The van der Waals surface area contributed by atoms with Crippen LogP contribution < -0.4 is 5.73 Å². The number of para-hydroxylation sites is 1. The molecule has 1 fully saturated rings. The summed E-state index contributed by atoms with van der Waals surface area (Å²) in [4.78, 5) is 4.51. The van der Waals surface area contributed by atoms with Gasteiger partial charge < -0.3 is 15.0 Å². The van der Waals surface area contributed by atoms with Crippen LogP contribution in [0, 0.1) is 6.92 Å². The van der Waals surface area contributed by atoms with E-state index in [2.05, 4.69) is 34.7 Å². The van der Waals surface area contributed by atoms with Gasteiger partial charge in [-0.2, -0.15) is 0 Å². The van der Waals surface area contributed by atoms with Crippen LogP contribution in [0.25, 0.3) is 11.0 Å². The highest BCUT2D eigenvalue weighted by molar-refractivity contribution is 5.81. The van der Waals surface area contributed by atoms with Crippen molar-refractivity contribution in [1.29, 1.82) is 0 Å². The third-order valence-electron chi connectivity index (χ3n) is 4.00. The first-order valence-electron chi connectivity index (χ1n) is 6.46. The monoisotopic (exact) mass is 245 g/mol.